The van der Waals surface area contributed by atoms with E-state index in [2.05, 4.69) is 168 Å². The predicted molar refractivity (Wildman–Crippen MR) is 227 cm³/mol. The molecule has 0 amide bonds. The van der Waals surface area contributed by atoms with E-state index in [9.17, 15) is 5.26 Å². The zero-order chi connectivity index (χ0) is 35.8. The van der Waals surface area contributed by atoms with Crippen molar-refractivity contribution in [2.75, 3.05) is 0 Å². The van der Waals surface area contributed by atoms with Gasteiger partial charge in [-0.25, -0.2) is 4.98 Å². The first-order valence-electron chi connectivity index (χ1n) is 18.1. The highest BCUT2D eigenvalue weighted by Crippen LogP contribution is 2.44. The lowest BCUT2D eigenvalue weighted by molar-refractivity contribution is 1.18. The number of nitriles is 1. The molecule has 0 aliphatic carbocycles. The van der Waals surface area contributed by atoms with Gasteiger partial charge in [0.25, 0.3) is 0 Å². The number of rotatable bonds is 4. The summed E-state index contributed by atoms with van der Waals surface area (Å²) in [7, 11) is 0. The monoisotopic (exact) mass is 703 g/mol. The Hall–Kier alpha value is -7.06. The molecule has 0 radical (unpaired) electrons. The van der Waals surface area contributed by atoms with E-state index in [0.29, 0.717) is 5.56 Å². The van der Waals surface area contributed by atoms with E-state index in [0.717, 1.165) is 66.5 Å². The van der Waals surface area contributed by atoms with Crippen LogP contribution in [0, 0.1) is 11.3 Å². The minimum Gasteiger partial charge on any atom is -0.309 e. The second-order valence-corrected chi connectivity index (χ2v) is 14.9. The number of fused-ring (bicyclic) bond motifs is 10. The van der Waals surface area contributed by atoms with Crippen molar-refractivity contribution in [3.8, 4) is 45.3 Å². The molecule has 8 aromatic carbocycles. The van der Waals surface area contributed by atoms with Gasteiger partial charge in [-0.1, -0.05) is 127 Å². The Balaban J connectivity index is 1.04. The molecule has 0 fully saturated rings. The molecule has 0 unspecified atom stereocenters. The SMILES string of the molecule is N#Cc1ccc2c3cc(-c4ccc(-c5ccc6c(c5)nc(-c5ccccc5)c5ccc7c8ccccc8sc7c56)cc4)ccc3n(-c3ccccc3)c2c1. The van der Waals surface area contributed by atoms with Crippen LogP contribution in [-0.4, -0.2) is 9.55 Å². The third-order valence-electron chi connectivity index (χ3n) is 10.8. The average molecular weight is 704 g/mol. The third kappa shape index (κ3) is 4.70. The molecule has 250 valence electrons. The Bertz CT molecular complexity index is 3310. The van der Waals surface area contributed by atoms with E-state index in [1.54, 1.807) is 0 Å². The van der Waals surface area contributed by atoms with Gasteiger partial charge in [-0.3, -0.25) is 0 Å². The lowest BCUT2D eigenvalue weighted by atomic mass is 9.95. The first-order chi connectivity index (χ1) is 26.7. The highest BCUT2D eigenvalue weighted by molar-refractivity contribution is 7.26. The van der Waals surface area contributed by atoms with Gasteiger partial charge in [0.2, 0.25) is 0 Å². The van der Waals surface area contributed by atoms with Crippen LogP contribution in [0.4, 0.5) is 0 Å². The zero-order valence-corrected chi connectivity index (χ0v) is 29.8. The van der Waals surface area contributed by atoms with Crippen LogP contribution in [0.1, 0.15) is 5.56 Å². The van der Waals surface area contributed by atoms with Crippen LogP contribution >= 0.6 is 11.3 Å². The van der Waals surface area contributed by atoms with E-state index in [-0.39, 0.29) is 0 Å². The summed E-state index contributed by atoms with van der Waals surface area (Å²) < 4.78 is 4.87. The van der Waals surface area contributed by atoms with Gasteiger partial charge in [-0.2, -0.15) is 5.26 Å². The van der Waals surface area contributed by atoms with Crippen molar-refractivity contribution in [2.45, 2.75) is 0 Å². The summed E-state index contributed by atoms with van der Waals surface area (Å²) in [5.74, 6) is 0. The second-order valence-electron chi connectivity index (χ2n) is 13.8. The molecule has 54 heavy (non-hydrogen) atoms. The number of hydrogen-bond acceptors (Lipinski definition) is 3. The van der Waals surface area contributed by atoms with Gasteiger partial charge in [-0.05, 0) is 70.8 Å². The van der Waals surface area contributed by atoms with Crippen molar-refractivity contribution >= 4 is 75.0 Å². The van der Waals surface area contributed by atoms with Gasteiger partial charge in [0, 0.05) is 58.4 Å². The Kier molecular flexibility index (Phi) is 6.79. The van der Waals surface area contributed by atoms with Crippen LogP contribution in [0.3, 0.4) is 0 Å². The number of nitrogens with zero attached hydrogens (tertiary/aromatic N) is 3. The Morgan fingerprint density at radius 3 is 1.91 bits per heavy atom. The summed E-state index contributed by atoms with van der Waals surface area (Å²) >= 11 is 1.87. The quantitative estimate of drug-likeness (QED) is 0.171. The van der Waals surface area contributed by atoms with Crippen LogP contribution in [-0.2, 0) is 0 Å². The summed E-state index contributed by atoms with van der Waals surface area (Å²) in [4.78, 5) is 5.36. The third-order valence-corrected chi connectivity index (χ3v) is 12.0. The molecule has 0 aliphatic heterocycles. The molecule has 0 saturated carbocycles. The highest BCUT2D eigenvalue weighted by Gasteiger charge is 2.18. The standard InChI is InChI=1S/C50H29N3S/c51-30-31-15-22-38-43-28-35(21-26-45(43)53(46(38)27-31)37-11-5-2-6-12-37)32-16-18-33(19-17-32)36-20-23-41-44(29-36)52-49(34-9-3-1-4-10-34)42-25-24-40-39-13-7-8-14-47(39)54-50(40)48(41)42/h1-29H. The average Bonchev–Trinajstić information content (AvgIpc) is 3.79. The normalized spacial score (nSPS) is 11.7. The molecule has 0 aliphatic rings. The zero-order valence-electron chi connectivity index (χ0n) is 29.0. The van der Waals surface area contributed by atoms with E-state index in [1.165, 1.54) is 36.3 Å². The molecular formula is C50H29N3S. The first kappa shape index (κ1) is 30.6. The fourth-order valence-electron chi connectivity index (χ4n) is 8.25. The molecule has 4 heteroatoms. The molecule has 0 bridgehead atoms. The van der Waals surface area contributed by atoms with Gasteiger partial charge in [0.15, 0.2) is 0 Å². The fraction of sp³-hybridized carbons (Fsp3) is 0. The van der Waals surface area contributed by atoms with E-state index in [1.807, 2.05) is 29.5 Å². The van der Waals surface area contributed by atoms with Gasteiger partial charge in [0.1, 0.15) is 0 Å². The molecular weight excluding hydrogens is 675 g/mol. The largest absolute Gasteiger partial charge is 0.309 e. The van der Waals surface area contributed by atoms with Crippen LogP contribution in [0.2, 0.25) is 0 Å². The summed E-state index contributed by atoms with van der Waals surface area (Å²) in [5.41, 5.74) is 11.6. The van der Waals surface area contributed by atoms with Gasteiger partial charge in [0.05, 0.1) is 33.9 Å². The van der Waals surface area contributed by atoms with E-state index >= 15 is 0 Å². The molecule has 0 N–H and O–H groups in total. The lowest BCUT2D eigenvalue weighted by Crippen LogP contribution is -1.93. The fourth-order valence-corrected chi connectivity index (χ4v) is 9.51. The van der Waals surface area contributed by atoms with E-state index < -0.39 is 0 Å². The van der Waals surface area contributed by atoms with Crippen LogP contribution in [0.25, 0.3) is 103 Å². The Morgan fingerprint density at radius 1 is 0.463 bits per heavy atom. The van der Waals surface area contributed by atoms with E-state index in [4.69, 9.17) is 4.98 Å². The lowest BCUT2D eigenvalue weighted by Gasteiger charge is -2.13. The van der Waals surface area contributed by atoms with Crippen LogP contribution < -0.4 is 0 Å². The van der Waals surface area contributed by atoms with Gasteiger partial charge >= 0.3 is 0 Å². The minimum absolute atomic E-state index is 0.653. The summed E-state index contributed by atoms with van der Waals surface area (Å²) in [6, 6.07) is 64.8. The predicted octanol–water partition coefficient (Wildman–Crippen LogP) is 13.7. The molecule has 3 aromatic heterocycles. The molecule has 0 atom stereocenters. The topological polar surface area (TPSA) is 41.6 Å². The van der Waals surface area contributed by atoms with Crippen molar-refractivity contribution in [1.29, 1.82) is 5.26 Å². The van der Waals surface area contributed by atoms with Crippen molar-refractivity contribution in [3.63, 3.8) is 0 Å². The Morgan fingerprint density at radius 2 is 1.11 bits per heavy atom. The number of pyridine rings is 1. The second kappa shape index (κ2) is 12.0. The highest BCUT2D eigenvalue weighted by atomic mass is 32.1. The van der Waals surface area contributed by atoms with Crippen molar-refractivity contribution in [1.82, 2.24) is 9.55 Å². The number of benzene rings is 8. The van der Waals surface area contributed by atoms with Crippen molar-refractivity contribution in [3.05, 3.63) is 181 Å². The summed E-state index contributed by atoms with van der Waals surface area (Å²) in [5, 5.41) is 18.2. The summed E-state index contributed by atoms with van der Waals surface area (Å²) in [6.45, 7) is 0. The molecule has 0 saturated heterocycles. The number of hydrogen-bond donors (Lipinski definition) is 0. The van der Waals surface area contributed by atoms with Crippen molar-refractivity contribution in [2.24, 2.45) is 0 Å². The molecule has 11 aromatic rings. The molecule has 3 nitrogen and oxygen atoms in total. The first-order valence-corrected chi connectivity index (χ1v) is 18.9. The van der Waals surface area contributed by atoms with Gasteiger partial charge < -0.3 is 4.57 Å². The number of para-hydroxylation sites is 1. The molecule has 0 spiro atoms. The maximum Gasteiger partial charge on any atom is 0.0992 e. The maximum absolute atomic E-state index is 9.69. The van der Waals surface area contributed by atoms with Crippen LogP contribution in [0.5, 0.6) is 0 Å². The van der Waals surface area contributed by atoms with Crippen LogP contribution in [0.15, 0.2) is 176 Å². The molecule has 3 heterocycles. The minimum atomic E-state index is 0.653. The summed E-state index contributed by atoms with van der Waals surface area (Å²) in [6.07, 6.45) is 0. The molecule has 11 rings (SSSR count). The number of aromatic nitrogens is 2. The van der Waals surface area contributed by atoms with Crippen molar-refractivity contribution < 1.29 is 0 Å². The smallest absolute Gasteiger partial charge is 0.0992 e. The Labute approximate surface area is 315 Å². The number of thiophene rings is 1. The maximum atomic E-state index is 9.69. The van der Waals surface area contributed by atoms with Gasteiger partial charge in [-0.15, -0.1) is 11.3 Å².